The average molecular weight is 356 g/mol. The maximum atomic E-state index is 11.8. The predicted molar refractivity (Wildman–Crippen MR) is 81.7 cm³/mol. The van der Waals surface area contributed by atoms with Crippen molar-refractivity contribution >= 4 is 33.4 Å². The summed E-state index contributed by atoms with van der Waals surface area (Å²) < 4.78 is 2.09. The van der Waals surface area contributed by atoms with Crippen LogP contribution >= 0.6 is 27.5 Å². The van der Waals surface area contributed by atoms with Gasteiger partial charge in [0.1, 0.15) is 6.54 Å². The maximum absolute atomic E-state index is 11.8. The Morgan fingerprint density at radius 3 is 2.75 bits per heavy atom. The molecule has 6 heteroatoms. The van der Waals surface area contributed by atoms with Gasteiger partial charge in [-0.05, 0) is 33.6 Å². The minimum atomic E-state index is -0.245. The van der Waals surface area contributed by atoms with Crippen LogP contribution in [-0.2, 0) is 17.9 Å². The summed E-state index contributed by atoms with van der Waals surface area (Å²) in [6, 6.07) is 10.3. The molecule has 1 N–H and O–H groups in total. The van der Waals surface area contributed by atoms with Gasteiger partial charge in [0.15, 0.2) is 0 Å². The molecule has 0 aliphatic heterocycles. The lowest BCUT2D eigenvalue weighted by molar-refractivity contribution is -0.121. The van der Waals surface area contributed by atoms with Crippen LogP contribution in [0.5, 0.6) is 0 Å². The van der Waals surface area contributed by atoms with Crippen molar-refractivity contribution in [3.63, 3.8) is 0 Å². The van der Waals surface area contributed by atoms with Crippen LogP contribution in [-0.4, -0.2) is 10.5 Å². The summed E-state index contributed by atoms with van der Waals surface area (Å²) >= 11 is 9.26. The number of carbonyl (C=O) groups excluding carboxylic acids is 1. The molecule has 1 heterocycles. The number of hydrogen-bond acceptors (Lipinski definition) is 2. The van der Waals surface area contributed by atoms with Crippen molar-refractivity contribution in [3.05, 3.63) is 68.0 Å². The topological polar surface area (TPSA) is 51.1 Å². The van der Waals surface area contributed by atoms with Crippen LogP contribution in [0.1, 0.15) is 5.56 Å². The van der Waals surface area contributed by atoms with Gasteiger partial charge in [0.2, 0.25) is 5.91 Å². The van der Waals surface area contributed by atoms with Crippen molar-refractivity contribution in [2.24, 2.45) is 0 Å². The highest BCUT2D eigenvalue weighted by atomic mass is 79.9. The number of rotatable bonds is 4. The molecule has 104 valence electrons. The Morgan fingerprint density at radius 1 is 1.25 bits per heavy atom. The summed E-state index contributed by atoms with van der Waals surface area (Å²) in [4.78, 5) is 23.4. The van der Waals surface area contributed by atoms with Crippen LogP contribution in [0.15, 0.2) is 51.9 Å². The SMILES string of the molecule is O=C(Cn1cc(Br)ccc1=O)NCc1ccccc1Cl. The zero-order valence-corrected chi connectivity index (χ0v) is 12.8. The summed E-state index contributed by atoms with van der Waals surface area (Å²) in [5.41, 5.74) is 0.616. The Balaban J connectivity index is 1.98. The molecule has 0 saturated carbocycles. The molecule has 1 amide bonds. The highest BCUT2D eigenvalue weighted by molar-refractivity contribution is 9.10. The molecule has 0 fully saturated rings. The number of halogens is 2. The number of hydrogen-bond donors (Lipinski definition) is 1. The predicted octanol–water partition coefficient (Wildman–Crippen LogP) is 2.58. The molecule has 0 radical (unpaired) electrons. The molecule has 0 saturated heterocycles. The third kappa shape index (κ3) is 3.95. The molecule has 0 spiro atoms. The number of carbonyl (C=O) groups is 1. The van der Waals surface area contributed by atoms with Crippen molar-refractivity contribution < 1.29 is 4.79 Å². The average Bonchev–Trinajstić information content (AvgIpc) is 2.42. The smallest absolute Gasteiger partial charge is 0.251 e. The van der Waals surface area contributed by atoms with E-state index in [1.54, 1.807) is 18.3 Å². The third-order valence-corrected chi connectivity index (χ3v) is 3.53. The minimum absolute atomic E-state index is 0.0251. The first-order valence-electron chi connectivity index (χ1n) is 5.92. The molecule has 0 atom stereocenters. The molecule has 0 unspecified atom stereocenters. The van der Waals surface area contributed by atoms with Gasteiger partial charge in [-0.3, -0.25) is 9.59 Å². The third-order valence-electron chi connectivity index (χ3n) is 2.70. The second-order valence-corrected chi connectivity index (χ2v) is 5.50. The Labute approximate surface area is 129 Å². The highest BCUT2D eigenvalue weighted by Crippen LogP contribution is 2.14. The highest BCUT2D eigenvalue weighted by Gasteiger charge is 2.06. The van der Waals surface area contributed by atoms with Gasteiger partial charge in [-0.1, -0.05) is 29.8 Å². The molecule has 1 aromatic heterocycles. The number of nitrogens with one attached hydrogen (secondary N) is 1. The second-order valence-electron chi connectivity index (χ2n) is 4.18. The molecule has 4 nitrogen and oxygen atoms in total. The molecule has 1 aromatic carbocycles. The molecule has 2 aromatic rings. The lowest BCUT2D eigenvalue weighted by Gasteiger charge is -2.08. The van der Waals surface area contributed by atoms with Crippen molar-refractivity contribution in [3.8, 4) is 0 Å². The summed E-state index contributed by atoms with van der Waals surface area (Å²) in [6.07, 6.45) is 1.58. The molecule has 20 heavy (non-hydrogen) atoms. The number of amides is 1. The Kier molecular flexibility index (Phi) is 4.98. The minimum Gasteiger partial charge on any atom is -0.350 e. The van der Waals surface area contributed by atoms with E-state index >= 15 is 0 Å². The maximum Gasteiger partial charge on any atom is 0.251 e. The number of aromatic nitrogens is 1. The van der Waals surface area contributed by atoms with Crippen molar-refractivity contribution in [1.82, 2.24) is 9.88 Å². The number of pyridine rings is 1. The van der Waals surface area contributed by atoms with Gasteiger partial charge in [-0.15, -0.1) is 0 Å². The van der Waals surface area contributed by atoms with E-state index in [2.05, 4.69) is 21.2 Å². The lowest BCUT2D eigenvalue weighted by Crippen LogP contribution is -2.31. The lowest BCUT2D eigenvalue weighted by atomic mass is 10.2. The van der Waals surface area contributed by atoms with Crippen LogP contribution < -0.4 is 10.9 Å². The van der Waals surface area contributed by atoms with E-state index in [1.165, 1.54) is 10.6 Å². The molecule has 2 rings (SSSR count). The zero-order chi connectivity index (χ0) is 14.5. The molecule has 0 aliphatic carbocycles. The Bertz CT molecular complexity index is 685. The summed E-state index contributed by atoms with van der Waals surface area (Å²) in [6.45, 7) is 0.310. The van der Waals surface area contributed by atoms with Gasteiger partial charge >= 0.3 is 0 Å². The van der Waals surface area contributed by atoms with E-state index in [1.807, 2.05) is 18.2 Å². The van der Waals surface area contributed by atoms with E-state index in [0.29, 0.717) is 11.6 Å². The van der Waals surface area contributed by atoms with Gasteiger partial charge in [0.05, 0.1) is 0 Å². The van der Waals surface area contributed by atoms with E-state index in [-0.39, 0.29) is 18.0 Å². The number of nitrogens with zero attached hydrogens (tertiary/aromatic N) is 1. The van der Waals surface area contributed by atoms with Gasteiger partial charge in [0, 0.05) is 28.3 Å². The van der Waals surface area contributed by atoms with Crippen LogP contribution in [0.4, 0.5) is 0 Å². The zero-order valence-electron chi connectivity index (χ0n) is 10.5. The fraction of sp³-hybridized carbons (Fsp3) is 0.143. The molecule has 0 bridgehead atoms. The van der Waals surface area contributed by atoms with E-state index in [9.17, 15) is 9.59 Å². The molecule has 0 aliphatic rings. The van der Waals surface area contributed by atoms with Gasteiger partial charge in [-0.2, -0.15) is 0 Å². The first-order valence-corrected chi connectivity index (χ1v) is 7.09. The van der Waals surface area contributed by atoms with Crippen LogP contribution in [0.3, 0.4) is 0 Å². The quantitative estimate of drug-likeness (QED) is 0.916. The van der Waals surface area contributed by atoms with Crippen LogP contribution in [0.2, 0.25) is 5.02 Å². The summed E-state index contributed by atoms with van der Waals surface area (Å²) in [7, 11) is 0. The summed E-state index contributed by atoms with van der Waals surface area (Å²) in [5.74, 6) is -0.245. The van der Waals surface area contributed by atoms with Crippen LogP contribution in [0.25, 0.3) is 0 Å². The largest absolute Gasteiger partial charge is 0.350 e. The van der Waals surface area contributed by atoms with E-state index in [0.717, 1.165) is 10.0 Å². The fourth-order valence-corrected chi connectivity index (χ4v) is 2.25. The van der Waals surface area contributed by atoms with Gasteiger partial charge in [0.25, 0.3) is 5.56 Å². The number of benzene rings is 1. The fourth-order valence-electron chi connectivity index (χ4n) is 1.67. The first kappa shape index (κ1) is 14.8. The normalized spacial score (nSPS) is 10.3. The molecular formula is C14H12BrClN2O2. The Hall–Kier alpha value is -1.59. The van der Waals surface area contributed by atoms with Crippen molar-refractivity contribution in [2.75, 3.05) is 0 Å². The molecular weight excluding hydrogens is 344 g/mol. The first-order chi connectivity index (χ1) is 9.56. The van der Waals surface area contributed by atoms with Gasteiger partial charge in [-0.25, -0.2) is 0 Å². The van der Waals surface area contributed by atoms with Crippen LogP contribution in [0, 0.1) is 0 Å². The van der Waals surface area contributed by atoms with Crippen molar-refractivity contribution in [2.45, 2.75) is 13.1 Å². The van der Waals surface area contributed by atoms with E-state index < -0.39 is 0 Å². The van der Waals surface area contributed by atoms with Crippen molar-refractivity contribution in [1.29, 1.82) is 0 Å². The monoisotopic (exact) mass is 354 g/mol. The Morgan fingerprint density at radius 2 is 2.00 bits per heavy atom. The van der Waals surface area contributed by atoms with E-state index in [4.69, 9.17) is 11.6 Å². The van der Waals surface area contributed by atoms with Gasteiger partial charge < -0.3 is 9.88 Å². The second kappa shape index (κ2) is 6.72. The standard InChI is InChI=1S/C14H12BrClN2O2/c15-11-5-6-14(20)18(8-11)9-13(19)17-7-10-3-1-2-4-12(10)16/h1-6,8H,7,9H2,(H,17,19). The summed E-state index contributed by atoms with van der Waals surface area (Å²) in [5, 5.41) is 3.34.